The predicted molar refractivity (Wildman–Crippen MR) is 106 cm³/mol. The molecular weight excluding hydrogens is 342 g/mol. The zero-order chi connectivity index (χ0) is 19.8. The van der Waals surface area contributed by atoms with E-state index >= 15 is 0 Å². The molecule has 0 aliphatic rings. The summed E-state index contributed by atoms with van der Waals surface area (Å²) in [5.41, 5.74) is 2.85. The molecule has 1 atom stereocenters. The van der Waals surface area contributed by atoms with Crippen molar-refractivity contribution in [1.29, 1.82) is 0 Å². The average molecular weight is 370 g/mol. The van der Waals surface area contributed by atoms with Gasteiger partial charge >= 0.3 is 0 Å². The molecule has 2 rings (SSSR count). The van der Waals surface area contributed by atoms with Crippen molar-refractivity contribution in [2.24, 2.45) is 0 Å². The first-order valence-corrected chi connectivity index (χ1v) is 8.92. The first-order chi connectivity index (χ1) is 12.9. The van der Waals surface area contributed by atoms with Crippen molar-refractivity contribution in [2.45, 2.75) is 13.5 Å². The zero-order valence-electron chi connectivity index (χ0n) is 16.4. The molecule has 0 aliphatic heterocycles. The van der Waals surface area contributed by atoms with E-state index in [-0.39, 0.29) is 24.9 Å². The SMILES string of the molecule is COc1ccccc1CN(C)C(=O)C[NH+](C)CC(=O)Nc1ccc(C)cc1. The van der Waals surface area contributed by atoms with Gasteiger partial charge in [0.25, 0.3) is 11.8 Å². The van der Waals surface area contributed by atoms with Crippen LogP contribution in [0.25, 0.3) is 0 Å². The third kappa shape index (κ3) is 6.42. The molecule has 0 saturated carbocycles. The summed E-state index contributed by atoms with van der Waals surface area (Å²) >= 11 is 0. The zero-order valence-corrected chi connectivity index (χ0v) is 16.4. The Kier molecular flexibility index (Phi) is 7.37. The highest BCUT2D eigenvalue weighted by molar-refractivity contribution is 5.91. The summed E-state index contributed by atoms with van der Waals surface area (Å²) < 4.78 is 5.33. The van der Waals surface area contributed by atoms with Crippen LogP contribution in [0.1, 0.15) is 11.1 Å². The number of ether oxygens (including phenoxy) is 1. The molecule has 0 heterocycles. The Hall–Kier alpha value is -2.86. The number of rotatable bonds is 8. The maximum absolute atomic E-state index is 12.5. The van der Waals surface area contributed by atoms with Crippen molar-refractivity contribution in [3.8, 4) is 5.75 Å². The highest BCUT2D eigenvalue weighted by Gasteiger charge is 2.18. The van der Waals surface area contributed by atoms with E-state index in [0.29, 0.717) is 6.54 Å². The van der Waals surface area contributed by atoms with E-state index in [0.717, 1.165) is 27.5 Å². The third-order valence-electron chi connectivity index (χ3n) is 4.28. The van der Waals surface area contributed by atoms with Crippen LogP contribution < -0.4 is 15.0 Å². The molecule has 0 spiro atoms. The van der Waals surface area contributed by atoms with Crippen LogP contribution in [0, 0.1) is 6.92 Å². The number of hydrogen-bond donors (Lipinski definition) is 2. The lowest BCUT2D eigenvalue weighted by atomic mass is 10.2. The first kappa shape index (κ1) is 20.5. The van der Waals surface area contributed by atoms with Crippen molar-refractivity contribution in [3.05, 3.63) is 59.7 Å². The molecule has 27 heavy (non-hydrogen) atoms. The number of carbonyl (C=O) groups excluding carboxylic acids is 2. The summed E-state index contributed by atoms with van der Waals surface area (Å²) in [6, 6.07) is 15.3. The Morgan fingerprint density at radius 2 is 1.74 bits per heavy atom. The van der Waals surface area contributed by atoms with Crippen LogP contribution in [0.15, 0.2) is 48.5 Å². The van der Waals surface area contributed by atoms with Crippen molar-refractivity contribution >= 4 is 17.5 Å². The van der Waals surface area contributed by atoms with Gasteiger partial charge in [-0.2, -0.15) is 0 Å². The molecule has 0 aromatic heterocycles. The molecule has 144 valence electrons. The van der Waals surface area contributed by atoms with Crippen LogP contribution in [0.5, 0.6) is 5.75 Å². The molecule has 0 saturated heterocycles. The number of methoxy groups -OCH3 is 1. The lowest BCUT2D eigenvalue weighted by Crippen LogP contribution is -3.11. The fraction of sp³-hybridized carbons (Fsp3) is 0.333. The number of likely N-dealkylation sites (N-methyl/N-ethyl adjacent to an activating group) is 2. The van der Waals surface area contributed by atoms with Crippen LogP contribution >= 0.6 is 0 Å². The molecule has 0 aliphatic carbocycles. The van der Waals surface area contributed by atoms with E-state index in [4.69, 9.17) is 4.74 Å². The van der Waals surface area contributed by atoms with Crippen LogP contribution in [0.2, 0.25) is 0 Å². The molecule has 2 aromatic rings. The summed E-state index contributed by atoms with van der Waals surface area (Å²) in [5, 5.41) is 2.86. The predicted octanol–water partition coefficient (Wildman–Crippen LogP) is 1.12. The van der Waals surface area contributed by atoms with Gasteiger partial charge in [-0.3, -0.25) is 9.59 Å². The number of quaternary nitrogens is 1. The largest absolute Gasteiger partial charge is 0.496 e. The monoisotopic (exact) mass is 370 g/mol. The number of aryl methyl sites for hydroxylation is 1. The van der Waals surface area contributed by atoms with Gasteiger partial charge in [0.15, 0.2) is 13.1 Å². The van der Waals surface area contributed by atoms with E-state index in [9.17, 15) is 9.59 Å². The van der Waals surface area contributed by atoms with Crippen LogP contribution in [0.4, 0.5) is 5.69 Å². The Labute approximate surface area is 160 Å². The minimum Gasteiger partial charge on any atom is -0.496 e. The Balaban J connectivity index is 1.83. The summed E-state index contributed by atoms with van der Waals surface area (Å²) in [5.74, 6) is 0.619. The summed E-state index contributed by atoms with van der Waals surface area (Å²) in [4.78, 5) is 27.1. The number of carbonyl (C=O) groups is 2. The first-order valence-electron chi connectivity index (χ1n) is 8.92. The highest BCUT2D eigenvalue weighted by Crippen LogP contribution is 2.18. The Bertz CT molecular complexity index is 774. The molecular formula is C21H28N3O3+. The van der Waals surface area contributed by atoms with Gasteiger partial charge in [0.2, 0.25) is 0 Å². The Morgan fingerprint density at radius 1 is 1.07 bits per heavy atom. The second kappa shape index (κ2) is 9.73. The second-order valence-electron chi connectivity index (χ2n) is 6.79. The number of nitrogens with one attached hydrogen (secondary N) is 2. The molecule has 0 radical (unpaired) electrons. The van der Waals surface area contributed by atoms with E-state index in [1.54, 1.807) is 19.1 Å². The number of para-hydroxylation sites is 1. The molecule has 2 N–H and O–H groups in total. The molecule has 6 heteroatoms. The number of benzene rings is 2. The van der Waals surface area contributed by atoms with Crippen molar-refractivity contribution in [2.75, 3.05) is 39.6 Å². The van der Waals surface area contributed by atoms with Crippen molar-refractivity contribution < 1.29 is 19.2 Å². The molecule has 2 aromatic carbocycles. The summed E-state index contributed by atoms with van der Waals surface area (Å²) in [6.45, 7) is 2.93. The quantitative estimate of drug-likeness (QED) is 0.732. The van der Waals surface area contributed by atoms with E-state index < -0.39 is 0 Å². The number of anilines is 1. The van der Waals surface area contributed by atoms with E-state index in [2.05, 4.69) is 5.32 Å². The lowest BCUT2D eigenvalue weighted by molar-refractivity contribution is -0.862. The van der Waals surface area contributed by atoms with Crippen molar-refractivity contribution in [3.63, 3.8) is 0 Å². The van der Waals surface area contributed by atoms with E-state index in [1.165, 1.54) is 0 Å². The topological polar surface area (TPSA) is 63.1 Å². The van der Waals surface area contributed by atoms with Crippen molar-refractivity contribution in [1.82, 2.24) is 4.90 Å². The summed E-state index contributed by atoms with van der Waals surface area (Å²) in [7, 11) is 5.21. The lowest BCUT2D eigenvalue weighted by Gasteiger charge is -2.21. The van der Waals surface area contributed by atoms with Crippen LogP contribution in [-0.2, 0) is 16.1 Å². The maximum Gasteiger partial charge on any atom is 0.279 e. The van der Waals surface area contributed by atoms with Gasteiger partial charge in [0.05, 0.1) is 14.2 Å². The number of amides is 2. The summed E-state index contributed by atoms with van der Waals surface area (Å²) in [6.07, 6.45) is 0. The van der Waals surface area contributed by atoms with Gasteiger partial charge in [-0.1, -0.05) is 35.9 Å². The second-order valence-corrected chi connectivity index (χ2v) is 6.79. The fourth-order valence-electron chi connectivity index (χ4n) is 2.75. The molecule has 0 bridgehead atoms. The van der Waals surface area contributed by atoms with Gasteiger partial charge < -0.3 is 19.9 Å². The van der Waals surface area contributed by atoms with Gasteiger partial charge in [-0.25, -0.2) is 0 Å². The highest BCUT2D eigenvalue weighted by atomic mass is 16.5. The smallest absolute Gasteiger partial charge is 0.279 e. The van der Waals surface area contributed by atoms with Gasteiger partial charge in [0.1, 0.15) is 5.75 Å². The minimum atomic E-state index is -0.114. The minimum absolute atomic E-state index is 0.0263. The molecule has 0 fully saturated rings. The molecule has 6 nitrogen and oxygen atoms in total. The Morgan fingerprint density at radius 3 is 2.41 bits per heavy atom. The van der Waals surface area contributed by atoms with Crippen LogP contribution in [-0.4, -0.2) is 51.0 Å². The number of hydrogen-bond acceptors (Lipinski definition) is 3. The standard InChI is InChI=1S/C21H27N3O3/c1-16-9-11-18(12-10-16)22-20(25)14-23(2)15-21(26)24(3)13-17-7-5-6-8-19(17)27-4/h5-12H,13-15H2,1-4H3,(H,22,25)/p+1. The third-order valence-corrected chi connectivity index (χ3v) is 4.28. The fourth-order valence-corrected chi connectivity index (χ4v) is 2.75. The molecule has 2 amide bonds. The van der Waals surface area contributed by atoms with Crippen LogP contribution in [0.3, 0.4) is 0 Å². The average Bonchev–Trinajstić information content (AvgIpc) is 2.63. The number of nitrogens with zero attached hydrogens (tertiary/aromatic N) is 1. The van der Waals surface area contributed by atoms with Gasteiger partial charge in [0, 0.05) is 24.8 Å². The normalized spacial score (nSPS) is 11.6. The van der Waals surface area contributed by atoms with E-state index in [1.807, 2.05) is 62.5 Å². The molecule has 1 unspecified atom stereocenters. The van der Waals surface area contributed by atoms with Gasteiger partial charge in [-0.15, -0.1) is 0 Å². The van der Waals surface area contributed by atoms with Gasteiger partial charge in [-0.05, 0) is 25.1 Å². The maximum atomic E-state index is 12.5.